The summed E-state index contributed by atoms with van der Waals surface area (Å²) in [7, 11) is 1.68. The fraction of sp³-hybridized carbons (Fsp3) is 0.571. The highest BCUT2D eigenvalue weighted by atomic mass is 127. The Morgan fingerprint density at radius 2 is 2.14 bits per heavy atom. The number of aliphatic hydroxyl groups is 1. The average Bonchev–Trinajstić information content (AvgIpc) is 2.96. The van der Waals surface area contributed by atoms with Gasteiger partial charge in [-0.3, -0.25) is 10.1 Å². The lowest BCUT2D eigenvalue weighted by Gasteiger charge is -2.54. The number of fused-ring (bicyclic) bond motifs is 4. The van der Waals surface area contributed by atoms with Crippen LogP contribution in [0.1, 0.15) is 50.1 Å². The fourth-order valence-corrected chi connectivity index (χ4v) is 5.84. The molecule has 4 rings (SSSR count). The van der Waals surface area contributed by atoms with Crippen LogP contribution in [0.3, 0.4) is 0 Å². The number of rotatable bonds is 3. The number of carbonyl (C=O) groups is 1. The summed E-state index contributed by atoms with van der Waals surface area (Å²) in [5.41, 5.74) is 4.39. The molecule has 1 aromatic heterocycles. The molecule has 2 aromatic rings. The van der Waals surface area contributed by atoms with Gasteiger partial charge in [-0.1, -0.05) is 13.8 Å². The Kier molecular flexibility index (Phi) is 4.91. The summed E-state index contributed by atoms with van der Waals surface area (Å²) in [4.78, 5) is 18.7. The molecule has 1 unspecified atom stereocenters. The van der Waals surface area contributed by atoms with E-state index < -0.39 is 15.8 Å². The Balaban J connectivity index is 1.95. The van der Waals surface area contributed by atoms with Crippen molar-refractivity contribution >= 4 is 39.4 Å². The molecule has 4 atom stereocenters. The molecule has 28 heavy (non-hydrogen) atoms. The first-order valence-electron chi connectivity index (χ1n) is 9.82. The third kappa shape index (κ3) is 2.85. The van der Waals surface area contributed by atoms with E-state index in [1.807, 2.05) is 24.8 Å². The van der Waals surface area contributed by atoms with Crippen LogP contribution in [0.5, 0.6) is 5.75 Å². The quantitative estimate of drug-likeness (QED) is 0.345. The van der Waals surface area contributed by atoms with Crippen molar-refractivity contribution in [2.24, 2.45) is 5.92 Å². The molecule has 1 aromatic carbocycles. The van der Waals surface area contributed by atoms with E-state index in [9.17, 15) is 9.90 Å². The van der Waals surface area contributed by atoms with Crippen LogP contribution in [-0.2, 0) is 11.2 Å². The lowest BCUT2D eigenvalue weighted by Crippen LogP contribution is -2.72. The minimum absolute atomic E-state index is 0.0448. The monoisotopic (exact) mass is 497 g/mol. The molecule has 0 saturated carbocycles. The molecular formula is C21H28IN3O3. The van der Waals surface area contributed by atoms with Crippen LogP contribution in [-0.4, -0.2) is 43.8 Å². The number of hydrogen-bond acceptors (Lipinski definition) is 4. The number of halogens is 1. The van der Waals surface area contributed by atoms with E-state index in [0.717, 1.165) is 34.3 Å². The van der Waals surface area contributed by atoms with Crippen molar-refractivity contribution in [3.8, 4) is 5.75 Å². The number of nitrogens with one attached hydrogen (secondary N) is 2. The van der Waals surface area contributed by atoms with Crippen LogP contribution in [0, 0.1) is 12.8 Å². The van der Waals surface area contributed by atoms with E-state index in [4.69, 9.17) is 4.74 Å². The van der Waals surface area contributed by atoms with Gasteiger partial charge in [-0.2, -0.15) is 0 Å². The summed E-state index contributed by atoms with van der Waals surface area (Å²) >= 11 is 2.28. The molecule has 2 aliphatic heterocycles. The number of ether oxygens (including phenoxy) is 1. The second-order valence-corrected chi connectivity index (χ2v) is 10.4. The van der Waals surface area contributed by atoms with Crippen molar-refractivity contribution in [3.05, 3.63) is 29.0 Å². The zero-order valence-corrected chi connectivity index (χ0v) is 19.1. The van der Waals surface area contributed by atoms with Gasteiger partial charge >= 0.3 is 0 Å². The van der Waals surface area contributed by atoms with Gasteiger partial charge in [0.15, 0.2) is 0 Å². The zero-order chi connectivity index (χ0) is 20.4. The fourth-order valence-electron chi connectivity index (χ4n) is 4.70. The van der Waals surface area contributed by atoms with Crippen molar-refractivity contribution < 1.29 is 14.6 Å². The zero-order valence-electron chi connectivity index (χ0n) is 17.0. The summed E-state index contributed by atoms with van der Waals surface area (Å²) in [5, 5.41) is 15.2. The van der Waals surface area contributed by atoms with Gasteiger partial charge in [-0.05, 0) is 66.0 Å². The Morgan fingerprint density at radius 3 is 2.79 bits per heavy atom. The van der Waals surface area contributed by atoms with Crippen LogP contribution in [0.4, 0.5) is 0 Å². The predicted octanol–water partition coefficient (Wildman–Crippen LogP) is 3.40. The number of alkyl halides is 1. The third-order valence-electron chi connectivity index (χ3n) is 6.05. The second kappa shape index (κ2) is 6.88. The first kappa shape index (κ1) is 20.0. The molecule has 0 radical (unpaired) electrons. The number of H-pyrrole nitrogens is 1. The first-order chi connectivity index (χ1) is 13.2. The molecule has 0 bridgehead atoms. The van der Waals surface area contributed by atoms with Gasteiger partial charge < -0.3 is 19.7 Å². The number of aryl methyl sites for hydroxylation is 1. The summed E-state index contributed by atoms with van der Waals surface area (Å²) in [5.74, 6) is 1.30. The Labute approximate surface area is 179 Å². The van der Waals surface area contributed by atoms with Crippen molar-refractivity contribution in [2.45, 2.75) is 62.4 Å². The van der Waals surface area contributed by atoms with E-state index >= 15 is 0 Å². The number of benzene rings is 1. The second-order valence-electron chi connectivity index (χ2n) is 8.52. The van der Waals surface area contributed by atoms with Gasteiger partial charge in [0.1, 0.15) is 15.5 Å². The van der Waals surface area contributed by atoms with Gasteiger partial charge in [-0.25, -0.2) is 0 Å². The molecule has 2 aliphatic rings. The lowest BCUT2D eigenvalue weighted by molar-refractivity contribution is -0.154. The molecular weight excluding hydrogens is 469 g/mol. The van der Waals surface area contributed by atoms with E-state index in [2.05, 4.69) is 52.8 Å². The molecule has 1 saturated heterocycles. The van der Waals surface area contributed by atoms with Crippen LogP contribution in [0.2, 0.25) is 0 Å². The Morgan fingerprint density at radius 1 is 1.43 bits per heavy atom. The highest BCUT2D eigenvalue weighted by molar-refractivity contribution is 14.1. The highest BCUT2D eigenvalue weighted by Crippen LogP contribution is 2.50. The maximum atomic E-state index is 13.2. The molecule has 1 amide bonds. The standard InChI is InChI=1S/C21H28IN3O3/c1-10(2)6-16-18-14(13-7-11(3)17(28-5)8-15(13)24-18)9-21(22)20(27)23-12(4)19(26)25(16)21/h7-8,10,12,16,20,23-24,27H,6,9H2,1-5H3/t12-,16-,20?,21+/m0/s1. The summed E-state index contributed by atoms with van der Waals surface area (Å²) in [6, 6.07) is 3.69. The molecule has 1 fully saturated rings. The molecule has 6 nitrogen and oxygen atoms in total. The number of aromatic nitrogens is 1. The number of carbonyl (C=O) groups excluding carboxylic acids is 1. The normalized spacial score (nSPS) is 29.9. The van der Waals surface area contributed by atoms with Crippen molar-refractivity contribution in [3.63, 3.8) is 0 Å². The van der Waals surface area contributed by atoms with Crippen molar-refractivity contribution in [2.75, 3.05) is 7.11 Å². The number of aromatic amines is 1. The lowest BCUT2D eigenvalue weighted by atomic mass is 9.85. The smallest absolute Gasteiger partial charge is 0.241 e. The van der Waals surface area contributed by atoms with E-state index in [1.54, 1.807) is 7.11 Å². The largest absolute Gasteiger partial charge is 0.496 e. The maximum absolute atomic E-state index is 13.2. The van der Waals surface area contributed by atoms with E-state index in [1.165, 1.54) is 5.56 Å². The molecule has 7 heteroatoms. The number of piperazine rings is 1. The first-order valence-corrected chi connectivity index (χ1v) is 10.9. The number of nitrogens with zero attached hydrogens (tertiary/aromatic N) is 1. The summed E-state index contributed by atoms with van der Waals surface area (Å²) < 4.78 is 4.79. The molecule has 0 spiro atoms. The Bertz CT molecular complexity index is 941. The average molecular weight is 497 g/mol. The van der Waals surface area contributed by atoms with Crippen molar-refractivity contribution in [1.29, 1.82) is 0 Å². The van der Waals surface area contributed by atoms with Crippen molar-refractivity contribution in [1.82, 2.24) is 15.2 Å². The van der Waals surface area contributed by atoms with Crippen LogP contribution < -0.4 is 10.1 Å². The summed E-state index contributed by atoms with van der Waals surface area (Å²) in [6.45, 7) is 8.21. The minimum Gasteiger partial charge on any atom is -0.496 e. The van der Waals surface area contributed by atoms with Gasteiger partial charge in [0.25, 0.3) is 0 Å². The Hall–Kier alpha value is -1.32. The third-order valence-corrected chi connectivity index (χ3v) is 7.55. The number of methoxy groups -OCH3 is 1. The minimum atomic E-state index is -0.784. The predicted molar refractivity (Wildman–Crippen MR) is 118 cm³/mol. The summed E-state index contributed by atoms with van der Waals surface area (Å²) in [6.07, 6.45) is 0.648. The molecule has 0 aliphatic carbocycles. The van der Waals surface area contributed by atoms with E-state index in [0.29, 0.717) is 12.3 Å². The van der Waals surface area contributed by atoms with Crippen LogP contribution in [0.25, 0.3) is 10.9 Å². The maximum Gasteiger partial charge on any atom is 0.241 e. The number of amides is 1. The molecule has 3 heterocycles. The topological polar surface area (TPSA) is 77.6 Å². The van der Waals surface area contributed by atoms with Crippen LogP contribution >= 0.6 is 22.6 Å². The highest BCUT2D eigenvalue weighted by Gasteiger charge is 2.56. The number of hydrogen-bond donors (Lipinski definition) is 3. The van der Waals surface area contributed by atoms with E-state index in [-0.39, 0.29) is 11.9 Å². The van der Waals surface area contributed by atoms with Gasteiger partial charge in [0.2, 0.25) is 5.91 Å². The van der Waals surface area contributed by atoms with Gasteiger partial charge in [0, 0.05) is 29.1 Å². The van der Waals surface area contributed by atoms with Crippen LogP contribution in [0.15, 0.2) is 12.1 Å². The number of aliphatic hydroxyl groups excluding tert-OH is 1. The SMILES string of the molecule is COc1cc2[nH]c3c(c2cc1C)C[C@]1(I)C(O)N[C@@H](C)C(=O)N1[C@H]3CC(C)C. The molecule has 152 valence electrons. The van der Waals surface area contributed by atoms with Gasteiger partial charge in [-0.15, -0.1) is 0 Å². The molecule has 3 N–H and O–H groups in total. The van der Waals surface area contributed by atoms with Gasteiger partial charge in [0.05, 0.1) is 19.2 Å².